The molecule has 0 fully saturated rings. The number of nitrogens with zero attached hydrogens (tertiary/aromatic N) is 4. The Kier molecular flexibility index (Phi) is 5.30. The first-order chi connectivity index (χ1) is 16.1. The minimum Gasteiger partial charge on any atom is -0.489 e. The molecule has 1 aromatic heterocycles. The molecule has 5 rings (SSSR count). The molecular formula is C27H31N5O2. The van der Waals surface area contributed by atoms with Crippen LogP contribution in [0.1, 0.15) is 70.2 Å². The Morgan fingerprint density at radius 1 is 1.09 bits per heavy atom. The Hall–Kier alpha value is -3.48. The van der Waals surface area contributed by atoms with Gasteiger partial charge in [-0.1, -0.05) is 82.2 Å². The molecule has 0 amide bonds. The predicted octanol–water partition coefficient (Wildman–Crippen LogP) is 5.21. The molecule has 2 heterocycles. The van der Waals surface area contributed by atoms with Gasteiger partial charge >= 0.3 is 0 Å². The van der Waals surface area contributed by atoms with Crippen LogP contribution >= 0.6 is 0 Å². The average molecular weight is 458 g/mol. The third kappa shape index (κ3) is 4.11. The number of ketones is 1. The van der Waals surface area contributed by atoms with E-state index in [1.807, 2.05) is 24.3 Å². The van der Waals surface area contributed by atoms with Gasteiger partial charge in [0.05, 0.1) is 0 Å². The van der Waals surface area contributed by atoms with Gasteiger partial charge in [-0.05, 0) is 44.9 Å². The van der Waals surface area contributed by atoms with Crippen LogP contribution < -0.4 is 10.1 Å². The summed E-state index contributed by atoms with van der Waals surface area (Å²) in [5.41, 5.74) is 4.88. The molecule has 1 aliphatic heterocycles. The van der Waals surface area contributed by atoms with Crippen LogP contribution in [-0.4, -0.2) is 26.0 Å². The van der Waals surface area contributed by atoms with Crippen molar-refractivity contribution in [2.75, 3.05) is 5.32 Å². The highest BCUT2D eigenvalue weighted by molar-refractivity contribution is 6.00. The summed E-state index contributed by atoms with van der Waals surface area (Å²) in [5, 5.41) is 15.5. The lowest BCUT2D eigenvalue weighted by molar-refractivity contribution is -0.118. The number of benzene rings is 2. The molecule has 1 N–H and O–H groups in total. The number of fused-ring (bicyclic) bond motifs is 1. The summed E-state index contributed by atoms with van der Waals surface area (Å²) in [5.74, 6) is 1.39. The highest BCUT2D eigenvalue weighted by Gasteiger charge is 2.42. The number of carbonyl (C=O) groups is 1. The summed E-state index contributed by atoms with van der Waals surface area (Å²) in [7, 11) is 0. The number of nitrogens with one attached hydrogen (secondary N) is 1. The van der Waals surface area contributed by atoms with E-state index in [0.29, 0.717) is 19.0 Å². The fraction of sp³-hybridized carbons (Fsp3) is 0.407. The summed E-state index contributed by atoms with van der Waals surface area (Å²) < 4.78 is 8.00. The van der Waals surface area contributed by atoms with Crippen molar-refractivity contribution in [3.05, 3.63) is 76.5 Å². The maximum Gasteiger partial charge on any atom is 0.248 e. The van der Waals surface area contributed by atoms with E-state index in [1.54, 1.807) is 4.68 Å². The molecular weight excluding hydrogens is 426 g/mol. The van der Waals surface area contributed by atoms with Crippen LogP contribution in [0.3, 0.4) is 0 Å². The number of hydrogen-bond donors (Lipinski definition) is 1. The first kappa shape index (κ1) is 22.3. The summed E-state index contributed by atoms with van der Waals surface area (Å²) in [6, 6.07) is 16.0. The fourth-order valence-corrected chi connectivity index (χ4v) is 4.86. The molecule has 2 aromatic carbocycles. The zero-order valence-corrected chi connectivity index (χ0v) is 20.4. The van der Waals surface area contributed by atoms with E-state index in [1.165, 1.54) is 5.56 Å². The molecule has 0 saturated carbocycles. The van der Waals surface area contributed by atoms with Crippen molar-refractivity contribution in [3.63, 3.8) is 0 Å². The highest BCUT2D eigenvalue weighted by Crippen LogP contribution is 2.46. The Morgan fingerprint density at radius 3 is 2.56 bits per heavy atom. The number of rotatable bonds is 4. The highest BCUT2D eigenvalue weighted by atomic mass is 16.5. The largest absolute Gasteiger partial charge is 0.489 e. The lowest BCUT2D eigenvalue weighted by Gasteiger charge is -2.38. The van der Waals surface area contributed by atoms with Crippen LogP contribution in [0.2, 0.25) is 0 Å². The number of ether oxygens (including phenoxy) is 1. The standard InChI is InChI=1S/C27H31N5O2/c1-26(2,3)18-12-10-17(11-13-18)16-34-22-9-7-6-8-19(22)24-23-20(14-27(4,5)15-21(23)33)28-25-29-30-31-32(24)25/h6-13,24H,14-16H2,1-5H3,(H,28,29,31). The zero-order valence-electron chi connectivity index (χ0n) is 20.4. The van der Waals surface area contributed by atoms with Crippen LogP contribution in [0, 0.1) is 5.41 Å². The Balaban J connectivity index is 1.49. The number of allylic oxidation sites excluding steroid dienone is 2. The Bertz CT molecular complexity index is 1260. The summed E-state index contributed by atoms with van der Waals surface area (Å²) >= 11 is 0. The molecule has 1 unspecified atom stereocenters. The van der Waals surface area contributed by atoms with E-state index in [4.69, 9.17) is 4.74 Å². The number of anilines is 1. The van der Waals surface area contributed by atoms with Gasteiger partial charge in [-0.2, -0.15) is 4.68 Å². The van der Waals surface area contributed by atoms with Crippen molar-refractivity contribution in [2.24, 2.45) is 5.41 Å². The maximum absolute atomic E-state index is 13.3. The number of carbonyl (C=O) groups excluding carboxylic acids is 1. The van der Waals surface area contributed by atoms with E-state index < -0.39 is 6.04 Å². The first-order valence-electron chi connectivity index (χ1n) is 11.7. The number of para-hydroxylation sites is 1. The van der Waals surface area contributed by atoms with Gasteiger partial charge in [0.1, 0.15) is 18.4 Å². The predicted molar refractivity (Wildman–Crippen MR) is 131 cm³/mol. The van der Waals surface area contributed by atoms with Crippen LogP contribution in [0.5, 0.6) is 5.75 Å². The van der Waals surface area contributed by atoms with Gasteiger partial charge in [0.2, 0.25) is 5.95 Å². The van der Waals surface area contributed by atoms with E-state index in [-0.39, 0.29) is 16.6 Å². The maximum atomic E-state index is 13.3. The minimum absolute atomic E-state index is 0.108. The number of tetrazole rings is 1. The molecule has 7 heteroatoms. The fourth-order valence-electron chi connectivity index (χ4n) is 4.86. The van der Waals surface area contributed by atoms with E-state index in [2.05, 4.69) is 79.7 Å². The van der Waals surface area contributed by atoms with E-state index in [9.17, 15) is 4.79 Å². The monoisotopic (exact) mass is 457 g/mol. The molecule has 3 aromatic rings. The van der Waals surface area contributed by atoms with Crippen LogP contribution in [-0.2, 0) is 16.8 Å². The van der Waals surface area contributed by atoms with Gasteiger partial charge in [0.15, 0.2) is 5.78 Å². The summed E-state index contributed by atoms with van der Waals surface area (Å²) in [6.07, 6.45) is 1.26. The number of aromatic nitrogens is 4. The van der Waals surface area contributed by atoms with Gasteiger partial charge in [0, 0.05) is 23.3 Å². The third-order valence-corrected chi connectivity index (χ3v) is 6.62. The van der Waals surface area contributed by atoms with Crippen LogP contribution in [0.4, 0.5) is 5.95 Å². The topological polar surface area (TPSA) is 81.9 Å². The lowest BCUT2D eigenvalue weighted by atomic mass is 9.73. The Labute approximate surface area is 200 Å². The minimum atomic E-state index is -0.427. The smallest absolute Gasteiger partial charge is 0.248 e. The van der Waals surface area contributed by atoms with Crippen molar-refractivity contribution in [2.45, 2.75) is 65.5 Å². The molecule has 7 nitrogen and oxygen atoms in total. The average Bonchev–Trinajstić information content (AvgIpc) is 3.23. The third-order valence-electron chi connectivity index (χ3n) is 6.62. The van der Waals surface area contributed by atoms with Crippen molar-refractivity contribution < 1.29 is 9.53 Å². The molecule has 0 spiro atoms. The molecule has 176 valence electrons. The van der Waals surface area contributed by atoms with E-state index >= 15 is 0 Å². The van der Waals surface area contributed by atoms with Crippen LogP contribution in [0.25, 0.3) is 0 Å². The van der Waals surface area contributed by atoms with Gasteiger partial charge in [0.25, 0.3) is 0 Å². The normalized spacial score (nSPS) is 19.3. The zero-order chi connectivity index (χ0) is 24.1. The molecule has 0 saturated heterocycles. The SMILES string of the molecule is CC1(C)CC(=O)C2=C(C1)Nc1nnnn1C2c1ccccc1OCc1ccc(C(C)(C)C)cc1. The van der Waals surface area contributed by atoms with Gasteiger partial charge in [-0.25, -0.2) is 0 Å². The second kappa shape index (κ2) is 8.08. The summed E-state index contributed by atoms with van der Waals surface area (Å²) in [6.45, 7) is 11.3. The number of Topliss-reactive ketones (excluding diaryl/α,β-unsaturated/α-hetero) is 1. The molecule has 34 heavy (non-hydrogen) atoms. The van der Waals surface area contributed by atoms with Crippen molar-refractivity contribution >= 4 is 11.7 Å². The second-order valence-corrected chi connectivity index (χ2v) is 11.1. The van der Waals surface area contributed by atoms with Crippen molar-refractivity contribution in [1.82, 2.24) is 20.2 Å². The van der Waals surface area contributed by atoms with Gasteiger partial charge in [-0.3, -0.25) is 4.79 Å². The number of hydrogen-bond acceptors (Lipinski definition) is 6. The van der Waals surface area contributed by atoms with E-state index in [0.717, 1.165) is 34.6 Å². The molecule has 0 bridgehead atoms. The Morgan fingerprint density at radius 2 is 1.82 bits per heavy atom. The molecule has 1 atom stereocenters. The van der Waals surface area contributed by atoms with Crippen LogP contribution in [0.15, 0.2) is 59.8 Å². The summed E-state index contributed by atoms with van der Waals surface area (Å²) in [4.78, 5) is 13.3. The molecule has 1 aliphatic carbocycles. The molecule has 0 radical (unpaired) electrons. The molecule has 2 aliphatic rings. The first-order valence-corrected chi connectivity index (χ1v) is 11.7. The van der Waals surface area contributed by atoms with Crippen molar-refractivity contribution in [3.8, 4) is 5.75 Å². The second-order valence-electron chi connectivity index (χ2n) is 11.1. The quantitative estimate of drug-likeness (QED) is 0.579. The van der Waals surface area contributed by atoms with Gasteiger partial charge < -0.3 is 10.1 Å². The van der Waals surface area contributed by atoms with Crippen molar-refractivity contribution in [1.29, 1.82) is 0 Å². The van der Waals surface area contributed by atoms with Gasteiger partial charge in [-0.15, -0.1) is 0 Å². The lowest BCUT2D eigenvalue weighted by Crippen LogP contribution is -2.36.